The Kier molecular flexibility index (Phi) is 8.53. The zero-order chi connectivity index (χ0) is 30.0. The van der Waals surface area contributed by atoms with Crippen LogP contribution in [0.5, 0.6) is 0 Å². The van der Waals surface area contributed by atoms with Crippen molar-refractivity contribution in [3.8, 4) is 0 Å². The minimum Gasteiger partial charge on any atom is -0.336 e. The van der Waals surface area contributed by atoms with E-state index >= 15 is 0 Å². The van der Waals surface area contributed by atoms with Gasteiger partial charge in [0.2, 0.25) is 0 Å². The molecule has 0 radical (unpaired) electrons. The molecule has 0 bridgehead atoms. The second kappa shape index (κ2) is 12.1. The zero-order valence-electron chi connectivity index (χ0n) is 22.3. The van der Waals surface area contributed by atoms with Crippen LogP contribution in [0.1, 0.15) is 42.6 Å². The Morgan fingerprint density at radius 2 is 1.74 bits per heavy atom. The van der Waals surface area contributed by atoms with Crippen molar-refractivity contribution in [2.75, 3.05) is 4.72 Å². The molecule has 2 heterocycles. The molecule has 13 heteroatoms. The van der Waals surface area contributed by atoms with E-state index in [1.165, 1.54) is 28.8 Å². The molecule has 0 aliphatic rings. The lowest BCUT2D eigenvalue weighted by Crippen LogP contribution is -2.30. The lowest BCUT2D eigenvalue weighted by Gasteiger charge is -2.17. The number of hydrogen-bond acceptors (Lipinski definition) is 5. The van der Waals surface area contributed by atoms with Crippen LogP contribution in [0, 0.1) is 5.82 Å². The predicted octanol–water partition coefficient (Wildman–Crippen LogP) is 5.83. The van der Waals surface area contributed by atoms with Crippen molar-refractivity contribution < 1.29 is 12.8 Å². The lowest BCUT2D eigenvalue weighted by molar-refractivity contribution is 0.597. The topological polar surface area (TPSA) is 130 Å². The van der Waals surface area contributed by atoms with Crippen LogP contribution in [0.4, 0.5) is 10.1 Å². The van der Waals surface area contributed by atoms with Crippen LogP contribution in [0.15, 0.2) is 81.2 Å². The molecule has 0 fully saturated rings. The summed E-state index contributed by atoms with van der Waals surface area (Å²) in [7, 11) is -3.96. The Bertz CT molecular complexity index is 1990. The second-order valence-electron chi connectivity index (χ2n) is 9.74. The zero-order valence-corrected chi connectivity index (χ0v) is 24.7. The van der Waals surface area contributed by atoms with Crippen molar-refractivity contribution >= 4 is 50.1 Å². The van der Waals surface area contributed by atoms with E-state index in [1.807, 2.05) is 6.92 Å². The fourth-order valence-electron chi connectivity index (χ4n) is 4.65. The van der Waals surface area contributed by atoms with Gasteiger partial charge in [-0.2, -0.15) is 0 Å². The number of benzene rings is 3. The van der Waals surface area contributed by atoms with Crippen LogP contribution < -0.4 is 16.0 Å². The molecule has 0 aliphatic heterocycles. The summed E-state index contributed by atoms with van der Waals surface area (Å²) in [5, 5.41) is 0.339. The molecule has 42 heavy (non-hydrogen) atoms. The van der Waals surface area contributed by atoms with Gasteiger partial charge in [0, 0.05) is 18.2 Å². The molecule has 0 saturated carbocycles. The van der Waals surface area contributed by atoms with Crippen LogP contribution in [0.2, 0.25) is 10.0 Å². The number of unbranched alkanes of at least 4 members (excludes halogenated alkanes) is 1. The fraction of sp³-hybridized carbons (Fsp3) is 0.207. The SMILES string of the molecule is CCCCn1c(=O)[nH]c(=O)c2[nH]c(C(Cc3ccccc3F)c3ccc(NS(=O)(=O)c4ccc(Cl)c(Cl)c4)cc3)nc21. The summed E-state index contributed by atoms with van der Waals surface area (Å²) in [6, 6.07) is 16.9. The molecule has 1 atom stereocenters. The molecule has 0 aliphatic carbocycles. The Morgan fingerprint density at radius 1 is 1.00 bits per heavy atom. The van der Waals surface area contributed by atoms with Crippen molar-refractivity contribution in [2.45, 2.75) is 43.5 Å². The normalized spacial score (nSPS) is 12.5. The number of aromatic amines is 2. The molecule has 2 aromatic heterocycles. The van der Waals surface area contributed by atoms with Gasteiger partial charge in [-0.1, -0.05) is 66.9 Å². The van der Waals surface area contributed by atoms with Crippen LogP contribution in [0.3, 0.4) is 0 Å². The van der Waals surface area contributed by atoms with E-state index in [9.17, 15) is 22.4 Å². The maximum Gasteiger partial charge on any atom is 0.330 e. The third-order valence-electron chi connectivity index (χ3n) is 6.87. The summed E-state index contributed by atoms with van der Waals surface area (Å²) in [6.45, 7) is 2.36. The molecular formula is C29H26Cl2FN5O4S. The predicted molar refractivity (Wildman–Crippen MR) is 162 cm³/mol. The number of nitrogens with zero attached hydrogens (tertiary/aromatic N) is 2. The summed E-state index contributed by atoms with van der Waals surface area (Å²) in [5.74, 6) is -0.606. The number of fused-ring (bicyclic) bond motifs is 1. The summed E-state index contributed by atoms with van der Waals surface area (Å²) in [6.07, 6.45) is 1.72. The number of anilines is 1. The standard InChI is InChI=1S/C29H26Cl2FN5O4S/c1-2-3-14-37-27-25(28(38)35-29(37)39)33-26(34-27)21(15-18-6-4-5-7-24(18)32)17-8-10-19(11-9-17)36-42(40,41)20-12-13-22(30)23(31)16-20/h4-13,16,21,36H,2-3,14-15H2,1H3,(H,33,34)(H,35,38,39). The summed E-state index contributed by atoms with van der Waals surface area (Å²) < 4.78 is 44.5. The molecule has 218 valence electrons. The molecule has 3 N–H and O–H groups in total. The minimum atomic E-state index is -3.96. The van der Waals surface area contributed by atoms with Gasteiger partial charge < -0.3 is 4.98 Å². The third kappa shape index (κ3) is 6.13. The van der Waals surface area contributed by atoms with Gasteiger partial charge in [-0.3, -0.25) is 19.1 Å². The van der Waals surface area contributed by atoms with Gasteiger partial charge in [0.25, 0.3) is 15.6 Å². The van der Waals surface area contributed by atoms with Crippen molar-refractivity contribution in [3.05, 3.63) is 120 Å². The van der Waals surface area contributed by atoms with Crippen LogP contribution >= 0.6 is 23.2 Å². The van der Waals surface area contributed by atoms with Gasteiger partial charge in [-0.25, -0.2) is 22.6 Å². The Morgan fingerprint density at radius 3 is 2.43 bits per heavy atom. The van der Waals surface area contributed by atoms with E-state index in [4.69, 9.17) is 23.2 Å². The molecule has 1 unspecified atom stereocenters. The molecule has 0 saturated heterocycles. The monoisotopic (exact) mass is 629 g/mol. The number of aromatic nitrogens is 4. The molecule has 5 aromatic rings. The highest BCUT2D eigenvalue weighted by molar-refractivity contribution is 7.92. The van der Waals surface area contributed by atoms with Crippen LogP contribution in [-0.4, -0.2) is 27.9 Å². The minimum absolute atomic E-state index is 0.0555. The largest absolute Gasteiger partial charge is 0.336 e. The number of H-pyrrole nitrogens is 2. The van der Waals surface area contributed by atoms with Gasteiger partial charge in [-0.05, 0) is 60.4 Å². The second-order valence-corrected chi connectivity index (χ2v) is 12.2. The quantitative estimate of drug-likeness (QED) is 0.179. The lowest BCUT2D eigenvalue weighted by atomic mass is 9.91. The summed E-state index contributed by atoms with van der Waals surface area (Å²) >= 11 is 11.9. The smallest absolute Gasteiger partial charge is 0.330 e. The average Bonchev–Trinajstić information content (AvgIpc) is 3.40. The van der Waals surface area contributed by atoms with E-state index in [0.717, 1.165) is 6.42 Å². The van der Waals surface area contributed by atoms with Crippen molar-refractivity contribution in [1.29, 1.82) is 0 Å². The number of nitrogens with one attached hydrogen (secondary N) is 3. The van der Waals surface area contributed by atoms with Crippen molar-refractivity contribution in [3.63, 3.8) is 0 Å². The third-order valence-corrected chi connectivity index (χ3v) is 8.98. The molecule has 0 spiro atoms. The van der Waals surface area contributed by atoms with Gasteiger partial charge in [0.15, 0.2) is 5.65 Å². The van der Waals surface area contributed by atoms with Gasteiger partial charge in [0.05, 0.1) is 14.9 Å². The summed E-state index contributed by atoms with van der Waals surface area (Å²) in [4.78, 5) is 35.2. The summed E-state index contributed by atoms with van der Waals surface area (Å²) in [5.41, 5.74) is 0.589. The molecular weight excluding hydrogens is 604 g/mol. The number of imidazole rings is 1. The first-order valence-electron chi connectivity index (χ1n) is 13.1. The van der Waals surface area contributed by atoms with Gasteiger partial charge in [-0.15, -0.1) is 0 Å². The number of rotatable bonds is 10. The first kappa shape index (κ1) is 29.6. The number of sulfonamides is 1. The highest BCUT2D eigenvalue weighted by atomic mass is 35.5. The number of hydrogen-bond donors (Lipinski definition) is 3. The highest BCUT2D eigenvalue weighted by Gasteiger charge is 2.23. The maximum absolute atomic E-state index is 14.7. The average molecular weight is 631 g/mol. The molecule has 9 nitrogen and oxygen atoms in total. The van der Waals surface area contributed by atoms with Crippen molar-refractivity contribution in [2.24, 2.45) is 0 Å². The highest BCUT2D eigenvalue weighted by Crippen LogP contribution is 2.31. The van der Waals surface area contributed by atoms with E-state index < -0.39 is 33.0 Å². The first-order valence-corrected chi connectivity index (χ1v) is 15.3. The van der Waals surface area contributed by atoms with Crippen LogP contribution in [-0.2, 0) is 23.0 Å². The Balaban J connectivity index is 1.54. The number of halogens is 3. The van der Waals surface area contributed by atoms with E-state index in [-0.39, 0.29) is 38.2 Å². The fourth-order valence-corrected chi connectivity index (χ4v) is 6.09. The van der Waals surface area contributed by atoms with E-state index in [0.29, 0.717) is 29.9 Å². The van der Waals surface area contributed by atoms with Gasteiger partial charge in [0.1, 0.15) is 17.2 Å². The van der Waals surface area contributed by atoms with E-state index in [2.05, 4.69) is 19.7 Å². The number of aryl methyl sites for hydroxylation is 1. The molecule has 0 amide bonds. The van der Waals surface area contributed by atoms with E-state index in [1.54, 1.807) is 42.5 Å². The Labute approximate surface area is 250 Å². The molecule has 3 aromatic carbocycles. The maximum atomic E-state index is 14.7. The molecule has 5 rings (SSSR count). The van der Waals surface area contributed by atoms with Crippen molar-refractivity contribution in [1.82, 2.24) is 19.5 Å². The van der Waals surface area contributed by atoms with Gasteiger partial charge >= 0.3 is 5.69 Å². The Hall–Kier alpha value is -3.93. The first-order chi connectivity index (χ1) is 20.1. The van der Waals surface area contributed by atoms with Crippen LogP contribution in [0.25, 0.3) is 11.2 Å².